The highest BCUT2D eigenvalue weighted by molar-refractivity contribution is 7.98. The van der Waals surface area contributed by atoms with Gasteiger partial charge in [0.2, 0.25) is 0 Å². The van der Waals surface area contributed by atoms with Crippen molar-refractivity contribution in [3.63, 3.8) is 0 Å². The third-order valence-electron chi connectivity index (χ3n) is 1.80. The molecule has 0 saturated carbocycles. The standard InChI is InChI=1S/C9H14ClN3OS/c1-15-6-7(2-3-14)12-9-5-11-4-8(10)13-9/h4-5,7,14H,2-3,6H2,1H3,(H,12,13)/t7-/m0/s1. The van der Waals surface area contributed by atoms with Gasteiger partial charge in [0, 0.05) is 18.4 Å². The first kappa shape index (κ1) is 12.5. The molecule has 1 atom stereocenters. The van der Waals surface area contributed by atoms with Crippen molar-refractivity contribution in [3.05, 3.63) is 17.5 Å². The van der Waals surface area contributed by atoms with E-state index in [1.54, 1.807) is 18.0 Å². The molecule has 84 valence electrons. The van der Waals surface area contributed by atoms with Gasteiger partial charge in [-0.2, -0.15) is 11.8 Å². The lowest BCUT2D eigenvalue weighted by molar-refractivity contribution is 0.282. The molecule has 0 radical (unpaired) electrons. The molecule has 2 N–H and O–H groups in total. The molecule has 1 aromatic rings. The van der Waals surface area contributed by atoms with Gasteiger partial charge in [-0.15, -0.1) is 0 Å². The number of anilines is 1. The summed E-state index contributed by atoms with van der Waals surface area (Å²) in [6, 6.07) is 0.192. The molecule has 0 saturated heterocycles. The van der Waals surface area contributed by atoms with Crippen molar-refractivity contribution in [3.8, 4) is 0 Å². The van der Waals surface area contributed by atoms with Gasteiger partial charge in [0.05, 0.1) is 12.4 Å². The van der Waals surface area contributed by atoms with Crippen LogP contribution in [-0.4, -0.2) is 39.7 Å². The second-order valence-electron chi connectivity index (χ2n) is 3.04. The monoisotopic (exact) mass is 247 g/mol. The number of aliphatic hydroxyl groups excluding tert-OH is 1. The summed E-state index contributed by atoms with van der Waals surface area (Å²) in [6.07, 6.45) is 5.82. The van der Waals surface area contributed by atoms with Crippen LogP contribution in [0.1, 0.15) is 6.42 Å². The highest BCUT2D eigenvalue weighted by Crippen LogP contribution is 2.11. The van der Waals surface area contributed by atoms with Crippen molar-refractivity contribution in [2.24, 2.45) is 0 Å². The summed E-state index contributed by atoms with van der Waals surface area (Å²) in [4.78, 5) is 8.01. The summed E-state index contributed by atoms with van der Waals surface area (Å²) in [5.74, 6) is 1.56. The number of hydrogen-bond acceptors (Lipinski definition) is 5. The molecule has 0 aliphatic rings. The number of rotatable bonds is 6. The van der Waals surface area contributed by atoms with Crippen LogP contribution in [0.15, 0.2) is 12.4 Å². The number of nitrogens with one attached hydrogen (secondary N) is 1. The molecule has 0 unspecified atom stereocenters. The summed E-state index contributed by atoms with van der Waals surface area (Å²) in [6.45, 7) is 0.159. The molecule has 0 spiro atoms. The van der Waals surface area contributed by atoms with E-state index in [1.165, 1.54) is 6.20 Å². The first-order valence-corrected chi connectivity index (χ1v) is 6.37. The molecule has 0 aliphatic heterocycles. The molecular formula is C9H14ClN3OS. The van der Waals surface area contributed by atoms with Crippen LogP contribution in [0.3, 0.4) is 0 Å². The first-order valence-electron chi connectivity index (χ1n) is 4.60. The van der Waals surface area contributed by atoms with Crippen molar-refractivity contribution in [1.82, 2.24) is 9.97 Å². The second-order valence-corrected chi connectivity index (χ2v) is 4.33. The fourth-order valence-corrected chi connectivity index (χ4v) is 1.97. The molecule has 1 aromatic heterocycles. The Kier molecular flexibility index (Phi) is 5.75. The Balaban J connectivity index is 2.56. The van der Waals surface area contributed by atoms with Crippen molar-refractivity contribution < 1.29 is 5.11 Å². The van der Waals surface area contributed by atoms with E-state index in [-0.39, 0.29) is 12.6 Å². The fraction of sp³-hybridized carbons (Fsp3) is 0.556. The Morgan fingerprint density at radius 3 is 3.00 bits per heavy atom. The van der Waals surface area contributed by atoms with Crippen LogP contribution in [0, 0.1) is 0 Å². The minimum atomic E-state index is 0.159. The normalized spacial score (nSPS) is 12.5. The summed E-state index contributed by atoms with van der Waals surface area (Å²) < 4.78 is 0. The summed E-state index contributed by atoms with van der Waals surface area (Å²) in [5, 5.41) is 12.4. The number of halogens is 1. The molecule has 0 aromatic carbocycles. The van der Waals surface area contributed by atoms with Crippen LogP contribution in [0.4, 0.5) is 5.82 Å². The molecule has 1 heterocycles. The van der Waals surface area contributed by atoms with Gasteiger partial charge >= 0.3 is 0 Å². The lowest BCUT2D eigenvalue weighted by Gasteiger charge is -2.16. The highest BCUT2D eigenvalue weighted by atomic mass is 35.5. The molecule has 15 heavy (non-hydrogen) atoms. The van der Waals surface area contributed by atoms with Gasteiger partial charge < -0.3 is 10.4 Å². The van der Waals surface area contributed by atoms with E-state index in [4.69, 9.17) is 16.7 Å². The van der Waals surface area contributed by atoms with Gasteiger partial charge in [-0.25, -0.2) is 4.98 Å². The van der Waals surface area contributed by atoms with Crippen LogP contribution in [0.5, 0.6) is 0 Å². The maximum Gasteiger partial charge on any atom is 0.149 e. The SMILES string of the molecule is CSC[C@H](CCO)Nc1cncc(Cl)n1. The smallest absolute Gasteiger partial charge is 0.149 e. The van der Waals surface area contributed by atoms with E-state index in [0.29, 0.717) is 17.4 Å². The Labute approximate surface area is 98.5 Å². The zero-order chi connectivity index (χ0) is 11.1. The topological polar surface area (TPSA) is 58.0 Å². The third-order valence-corrected chi connectivity index (χ3v) is 2.72. The first-order chi connectivity index (χ1) is 7.26. The summed E-state index contributed by atoms with van der Waals surface area (Å²) in [7, 11) is 0. The Bertz CT molecular complexity index is 294. The van der Waals surface area contributed by atoms with E-state index < -0.39 is 0 Å². The van der Waals surface area contributed by atoms with Crippen LogP contribution >= 0.6 is 23.4 Å². The van der Waals surface area contributed by atoms with Gasteiger partial charge in [-0.3, -0.25) is 4.98 Å². The Morgan fingerprint density at radius 1 is 1.60 bits per heavy atom. The van der Waals surface area contributed by atoms with Gasteiger partial charge in [0.1, 0.15) is 11.0 Å². The lowest BCUT2D eigenvalue weighted by atomic mass is 10.2. The van der Waals surface area contributed by atoms with Crippen molar-refractivity contribution in [1.29, 1.82) is 0 Å². The minimum Gasteiger partial charge on any atom is -0.396 e. The van der Waals surface area contributed by atoms with Crippen LogP contribution < -0.4 is 5.32 Å². The molecule has 6 heteroatoms. The predicted octanol–water partition coefficient (Wildman–Crippen LogP) is 1.66. The summed E-state index contributed by atoms with van der Waals surface area (Å²) >= 11 is 7.43. The van der Waals surface area contributed by atoms with Gasteiger partial charge in [0.15, 0.2) is 0 Å². The predicted molar refractivity (Wildman–Crippen MR) is 64.5 cm³/mol. The van der Waals surface area contributed by atoms with Crippen LogP contribution in [-0.2, 0) is 0 Å². The maximum absolute atomic E-state index is 8.88. The molecule has 0 fully saturated rings. The molecule has 0 aliphatic carbocycles. The molecule has 0 amide bonds. The van der Waals surface area contributed by atoms with Gasteiger partial charge in [0.25, 0.3) is 0 Å². The van der Waals surface area contributed by atoms with E-state index >= 15 is 0 Å². The minimum absolute atomic E-state index is 0.159. The molecule has 4 nitrogen and oxygen atoms in total. The van der Waals surface area contributed by atoms with Crippen molar-refractivity contribution >= 4 is 29.2 Å². The fourth-order valence-electron chi connectivity index (χ4n) is 1.18. The molecule has 1 rings (SSSR count). The zero-order valence-electron chi connectivity index (χ0n) is 8.48. The number of thioether (sulfide) groups is 1. The van der Waals surface area contributed by atoms with Crippen molar-refractivity contribution in [2.45, 2.75) is 12.5 Å². The van der Waals surface area contributed by atoms with Gasteiger partial charge in [-0.05, 0) is 12.7 Å². The number of aliphatic hydroxyl groups is 1. The third kappa shape index (κ3) is 4.68. The van der Waals surface area contributed by atoms with Gasteiger partial charge in [-0.1, -0.05) is 11.6 Å². The molecular weight excluding hydrogens is 234 g/mol. The van der Waals surface area contributed by atoms with E-state index in [2.05, 4.69) is 15.3 Å². The van der Waals surface area contributed by atoms with Crippen LogP contribution in [0.25, 0.3) is 0 Å². The average Bonchev–Trinajstić information content (AvgIpc) is 2.18. The zero-order valence-corrected chi connectivity index (χ0v) is 10.1. The summed E-state index contributed by atoms with van der Waals surface area (Å²) in [5.41, 5.74) is 0. The largest absolute Gasteiger partial charge is 0.396 e. The number of aromatic nitrogens is 2. The number of nitrogens with zero attached hydrogens (tertiary/aromatic N) is 2. The Morgan fingerprint density at radius 2 is 2.40 bits per heavy atom. The molecule has 0 bridgehead atoms. The van der Waals surface area contributed by atoms with E-state index in [0.717, 1.165) is 5.75 Å². The number of hydrogen-bond donors (Lipinski definition) is 2. The van der Waals surface area contributed by atoms with Crippen LogP contribution in [0.2, 0.25) is 5.15 Å². The lowest BCUT2D eigenvalue weighted by Crippen LogP contribution is -2.24. The highest BCUT2D eigenvalue weighted by Gasteiger charge is 2.08. The maximum atomic E-state index is 8.88. The van der Waals surface area contributed by atoms with Crippen molar-refractivity contribution in [2.75, 3.05) is 23.9 Å². The average molecular weight is 248 g/mol. The van der Waals surface area contributed by atoms with E-state index in [1.807, 2.05) is 6.26 Å². The second kappa shape index (κ2) is 6.87. The van der Waals surface area contributed by atoms with E-state index in [9.17, 15) is 0 Å². The quantitative estimate of drug-likeness (QED) is 0.801. The Hall–Kier alpha value is -0.520.